The van der Waals surface area contributed by atoms with Crippen LogP contribution < -0.4 is 5.32 Å². The van der Waals surface area contributed by atoms with Crippen molar-refractivity contribution in [2.24, 2.45) is 0 Å². The predicted molar refractivity (Wildman–Crippen MR) is 74.7 cm³/mol. The summed E-state index contributed by atoms with van der Waals surface area (Å²) in [5.41, 5.74) is 0.768. The molecule has 0 spiro atoms. The normalized spacial score (nSPS) is 11.8. The summed E-state index contributed by atoms with van der Waals surface area (Å²) in [7, 11) is 0. The van der Waals surface area contributed by atoms with Gasteiger partial charge >= 0.3 is 6.18 Å². The van der Waals surface area contributed by atoms with Gasteiger partial charge in [-0.1, -0.05) is 12.1 Å². The number of H-pyrrole nitrogens is 1. The number of fused-ring (bicyclic) bond motifs is 1. The summed E-state index contributed by atoms with van der Waals surface area (Å²) >= 11 is 0. The Morgan fingerprint density at radius 2 is 1.76 bits per heavy atom. The van der Waals surface area contributed by atoms with Gasteiger partial charge in [-0.15, -0.1) is 0 Å². The second-order valence-electron chi connectivity index (χ2n) is 4.60. The summed E-state index contributed by atoms with van der Waals surface area (Å²) in [6.07, 6.45) is -2.82. The number of aromatic nitrogens is 1. The summed E-state index contributed by atoms with van der Waals surface area (Å²) in [6, 6.07) is 10.0. The number of phenolic OH excluding ortho intramolecular Hbond substituents is 1. The Kier molecular flexibility index (Phi) is 3.01. The molecule has 21 heavy (non-hydrogen) atoms. The van der Waals surface area contributed by atoms with Gasteiger partial charge in [0.25, 0.3) is 0 Å². The summed E-state index contributed by atoms with van der Waals surface area (Å²) in [5.74, 6) is 0.0267. The van der Waals surface area contributed by atoms with Crippen LogP contribution in [0.15, 0.2) is 48.7 Å². The molecule has 0 amide bonds. The molecule has 0 aliphatic carbocycles. The van der Waals surface area contributed by atoms with Crippen LogP contribution >= 0.6 is 0 Å². The number of alkyl halides is 3. The Morgan fingerprint density at radius 1 is 1.00 bits per heavy atom. The molecule has 0 fully saturated rings. The van der Waals surface area contributed by atoms with E-state index in [1.54, 1.807) is 24.4 Å². The van der Waals surface area contributed by atoms with E-state index < -0.39 is 11.7 Å². The smallest absolute Gasteiger partial charge is 0.416 e. The number of para-hydroxylation sites is 2. The fourth-order valence-electron chi connectivity index (χ4n) is 2.12. The van der Waals surface area contributed by atoms with Crippen LogP contribution in [-0.2, 0) is 6.18 Å². The number of hydrogen-bond acceptors (Lipinski definition) is 2. The van der Waals surface area contributed by atoms with Crippen LogP contribution in [0.1, 0.15) is 5.56 Å². The van der Waals surface area contributed by atoms with Gasteiger partial charge in [-0.05, 0) is 30.3 Å². The third-order valence-corrected chi connectivity index (χ3v) is 3.18. The summed E-state index contributed by atoms with van der Waals surface area (Å²) < 4.78 is 38.3. The molecule has 3 N–H and O–H groups in total. The van der Waals surface area contributed by atoms with Crippen molar-refractivity contribution in [1.82, 2.24) is 4.98 Å². The highest BCUT2D eigenvalue weighted by Gasteiger charge is 2.30. The Labute approximate surface area is 118 Å². The summed E-state index contributed by atoms with van der Waals surface area (Å²) in [6.45, 7) is 0. The lowest BCUT2D eigenvalue weighted by Crippen LogP contribution is -2.04. The average Bonchev–Trinajstić information content (AvgIpc) is 2.83. The number of benzene rings is 2. The molecule has 3 aromatic rings. The van der Waals surface area contributed by atoms with Crippen molar-refractivity contribution >= 4 is 22.3 Å². The minimum Gasteiger partial charge on any atom is -0.506 e. The zero-order valence-corrected chi connectivity index (χ0v) is 10.7. The molecular formula is C15H11F3N2O. The number of nitrogens with one attached hydrogen (secondary N) is 2. The molecule has 0 radical (unpaired) electrons. The monoisotopic (exact) mass is 292 g/mol. The first-order chi connectivity index (χ1) is 9.95. The van der Waals surface area contributed by atoms with E-state index in [0.717, 1.165) is 12.1 Å². The van der Waals surface area contributed by atoms with E-state index in [0.29, 0.717) is 22.3 Å². The molecule has 0 unspecified atom stereocenters. The minimum absolute atomic E-state index is 0.0267. The maximum Gasteiger partial charge on any atom is 0.416 e. The van der Waals surface area contributed by atoms with Crippen LogP contribution in [-0.4, -0.2) is 10.1 Å². The molecule has 6 heteroatoms. The van der Waals surface area contributed by atoms with Crippen molar-refractivity contribution < 1.29 is 18.3 Å². The van der Waals surface area contributed by atoms with E-state index in [2.05, 4.69) is 10.3 Å². The molecule has 1 heterocycles. The van der Waals surface area contributed by atoms with E-state index >= 15 is 0 Å². The second kappa shape index (κ2) is 4.73. The lowest BCUT2D eigenvalue weighted by atomic mass is 10.1. The van der Waals surface area contributed by atoms with Crippen molar-refractivity contribution in [3.63, 3.8) is 0 Å². The van der Waals surface area contributed by atoms with E-state index in [-0.39, 0.29) is 5.75 Å². The molecule has 3 nitrogen and oxygen atoms in total. The number of halogens is 3. The first kappa shape index (κ1) is 13.4. The molecule has 108 valence electrons. The minimum atomic E-state index is -4.39. The quantitative estimate of drug-likeness (QED) is 0.603. The maximum atomic E-state index is 12.8. The van der Waals surface area contributed by atoms with Crippen LogP contribution in [0, 0.1) is 0 Å². The van der Waals surface area contributed by atoms with E-state index in [4.69, 9.17) is 0 Å². The zero-order valence-electron chi connectivity index (χ0n) is 10.7. The first-order valence-corrected chi connectivity index (χ1v) is 6.18. The number of aromatic amines is 1. The maximum absolute atomic E-state index is 12.8. The third-order valence-electron chi connectivity index (χ3n) is 3.18. The van der Waals surface area contributed by atoms with Gasteiger partial charge in [0, 0.05) is 17.1 Å². The first-order valence-electron chi connectivity index (χ1n) is 6.18. The Balaban J connectivity index is 2.05. The molecule has 0 bridgehead atoms. The van der Waals surface area contributed by atoms with E-state index in [1.807, 2.05) is 0 Å². The number of anilines is 2. The Bertz CT molecular complexity index is 793. The number of hydrogen-bond donors (Lipinski definition) is 3. The van der Waals surface area contributed by atoms with Crippen molar-refractivity contribution in [3.05, 3.63) is 54.2 Å². The van der Waals surface area contributed by atoms with E-state index in [9.17, 15) is 18.3 Å². The van der Waals surface area contributed by atoms with Crippen molar-refractivity contribution in [3.8, 4) is 5.75 Å². The van der Waals surface area contributed by atoms with Gasteiger partial charge in [0.15, 0.2) is 0 Å². The molecule has 1 aromatic heterocycles. The highest BCUT2D eigenvalue weighted by atomic mass is 19.4. The highest BCUT2D eigenvalue weighted by Crippen LogP contribution is 2.35. The lowest BCUT2D eigenvalue weighted by molar-refractivity contribution is -0.137. The second-order valence-corrected chi connectivity index (χ2v) is 4.60. The van der Waals surface area contributed by atoms with Crippen LogP contribution in [0.4, 0.5) is 24.5 Å². The number of rotatable bonds is 2. The summed E-state index contributed by atoms with van der Waals surface area (Å²) in [4.78, 5) is 2.90. The summed E-state index contributed by atoms with van der Waals surface area (Å²) in [5, 5.41) is 13.0. The van der Waals surface area contributed by atoms with Gasteiger partial charge in [0.1, 0.15) is 5.75 Å². The van der Waals surface area contributed by atoms with Gasteiger partial charge in [-0.2, -0.15) is 13.2 Å². The van der Waals surface area contributed by atoms with Crippen molar-refractivity contribution in [2.75, 3.05) is 5.32 Å². The van der Waals surface area contributed by atoms with Crippen molar-refractivity contribution in [2.45, 2.75) is 6.18 Å². The molecule has 3 rings (SSSR count). The van der Waals surface area contributed by atoms with Gasteiger partial charge in [-0.3, -0.25) is 0 Å². The fraction of sp³-hybridized carbons (Fsp3) is 0.0667. The zero-order chi connectivity index (χ0) is 15.0. The van der Waals surface area contributed by atoms with Crippen molar-refractivity contribution in [1.29, 1.82) is 0 Å². The van der Waals surface area contributed by atoms with Gasteiger partial charge < -0.3 is 15.4 Å². The highest BCUT2D eigenvalue weighted by molar-refractivity contribution is 5.95. The van der Waals surface area contributed by atoms with Crippen LogP contribution in [0.25, 0.3) is 10.9 Å². The largest absolute Gasteiger partial charge is 0.506 e. The van der Waals surface area contributed by atoms with Crippen LogP contribution in [0.5, 0.6) is 5.75 Å². The Hall–Kier alpha value is -2.63. The number of phenols is 1. The van der Waals surface area contributed by atoms with Gasteiger partial charge in [0.2, 0.25) is 0 Å². The molecular weight excluding hydrogens is 281 g/mol. The lowest BCUT2D eigenvalue weighted by Gasteiger charge is -2.09. The van der Waals surface area contributed by atoms with Crippen LogP contribution in [0.2, 0.25) is 0 Å². The standard InChI is InChI=1S/C15H11F3N2O/c16-15(17,18)9-5-6-11-10(7-9)13(8-19-11)20-12-3-1-2-4-14(12)21/h1-8,19-21H. The molecule has 0 saturated heterocycles. The SMILES string of the molecule is Oc1ccccc1Nc1c[nH]c2ccc(C(F)(F)F)cc12. The number of aromatic hydroxyl groups is 1. The fourth-order valence-corrected chi connectivity index (χ4v) is 2.12. The molecule has 0 aliphatic heterocycles. The molecule has 2 aromatic carbocycles. The third kappa shape index (κ3) is 2.52. The molecule has 0 saturated carbocycles. The van der Waals surface area contributed by atoms with Crippen LogP contribution in [0.3, 0.4) is 0 Å². The van der Waals surface area contributed by atoms with Gasteiger partial charge in [-0.25, -0.2) is 0 Å². The predicted octanol–water partition coefficient (Wildman–Crippen LogP) is 4.64. The topological polar surface area (TPSA) is 48.0 Å². The molecule has 0 aliphatic rings. The van der Waals surface area contributed by atoms with E-state index in [1.165, 1.54) is 12.1 Å². The average molecular weight is 292 g/mol. The Morgan fingerprint density at radius 3 is 2.48 bits per heavy atom. The molecule has 0 atom stereocenters. The van der Waals surface area contributed by atoms with Gasteiger partial charge in [0.05, 0.1) is 16.9 Å².